The Labute approximate surface area is 101 Å². The van der Waals surface area contributed by atoms with Gasteiger partial charge in [0.2, 0.25) is 0 Å². The molecule has 1 aromatic carbocycles. The van der Waals surface area contributed by atoms with E-state index in [-0.39, 0.29) is 0 Å². The summed E-state index contributed by atoms with van der Waals surface area (Å²) < 4.78 is 3.04. The van der Waals surface area contributed by atoms with Crippen LogP contribution < -0.4 is 0 Å². The van der Waals surface area contributed by atoms with Crippen LogP contribution in [-0.2, 0) is 6.54 Å². The molecule has 86 valence electrons. The Morgan fingerprint density at radius 2 is 2.06 bits per heavy atom. The average Bonchev–Trinajstić information content (AvgIpc) is 2.55. The van der Waals surface area contributed by atoms with E-state index in [0.29, 0.717) is 0 Å². The largest absolute Gasteiger partial charge is 0.331 e. The summed E-state index contributed by atoms with van der Waals surface area (Å²) in [7, 11) is 0. The number of imidazole rings is 1. The Bertz CT molecular complexity index is 522. The van der Waals surface area contributed by atoms with E-state index >= 15 is 0 Å². The van der Waals surface area contributed by atoms with E-state index in [0.717, 1.165) is 22.8 Å². The van der Waals surface area contributed by atoms with Crippen molar-refractivity contribution < 1.29 is 0 Å². The van der Waals surface area contributed by atoms with Crippen molar-refractivity contribution in [1.82, 2.24) is 9.55 Å². The molecule has 0 aliphatic carbocycles. The van der Waals surface area contributed by atoms with Gasteiger partial charge in [0.15, 0.2) is 4.77 Å². The standard InChI is InChI=1S/C13H18N2S/c1-10(2)6-5-9-15-12-8-4-3-7-11(12)14-13(15)16/h3-4,7-8,10H,5-6,9H2,1-2H3,(H,14,16). The first-order valence-electron chi connectivity index (χ1n) is 5.86. The molecule has 0 fully saturated rings. The fraction of sp³-hybridized carbons (Fsp3) is 0.462. The van der Waals surface area contributed by atoms with Crippen molar-refractivity contribution >= 4 is 23.3 Å². The third-order valence-corrected chi connectivity index (χ3v) is 3.17. The molecule has 1 heterocycles. The van der Waals surface area contributed by atoms with E-state index in [1.165, 1.54) is 18.4 Å². The van der Waals surface area contributed by atoms with Crippen LogP contribution in [0.25, 0.3) is 11.0 Å². The normalized spacial score (nSPS) is 11.4. The third-order valence-electron chi connectivity index (χ3n) is 2.84. The van der Waals surface area contributed by atoms with E-state index in [2.05, 4.69) is 41.6 Å². The molecule has 1 N–H and O–H groups in total. The van der Waals surface area contributed by atoms with Crippen LogP contribution in [0, 0.1) is 10.7 Å². The molecule has 2 nitrogen and oxygen atoms in total. The maximum Gasteiger partial charge on any atom is 0.178 e. The van der Waals surface area contributed by atoms with Gasteiger partial charge in [-0.05, 0) is 43.1 Å². The maximum absolute atomic E-state index is 5.34. The molecular formula is C13H18N2S. The van der Waals surface area contributed by atoms with E-state index in [4.69, 9.17) is 12.2 Å². The second-order valence-corrected chi connectivity index (χ2v) is 5.02. The number of aromatic amines is 1. The van der Waals surface area contributed by atoms with Crippen molar-refractivity contribution in [2.75, 3.05) is 0 Å². The lowest BCUT2D eigenvalue weighted by molar-refractivity contribution is 0.515. The fourth-order valence-corrected chi connectivity index (χ4v) is 2.29. The highest BCUT2D eigenvalue weighted by Gasteiger charge is 2.03. The van der Waals surface area contributed by atoms with E-state index in [1.54, 1.807) is 0 Å². The predicted octanol–water partition coefficient (Wildman–Crippen LogP) is 4.14. The predicted molar refractivity (Wildman–Crippen MR) is 71.2 cm³/mol. The summed E-state index contributed by atoms with van der Waals surface area (Å²) in [6.07, 6.45) is 2.44. The lowest BCUT2D eigenvalue weighted by atomic mass is 10.1. The van der Waals surface area contributed by atoms with Gasteiger partial charge < -0.3 is 9.55 Å². The molecule has 0 bridgehead atoms. The van der Waals surface area contributed by atoms with Gasteiger partial charge in [0.25, 0.3) is 0 Å². The van der Waals surface area contributed by atoms with Gasteiger partial charge in [-0.2, -0.15) is 0 Å². The van der Waals surface area contributed by atoms with Crippen molar-refractivity contribution in [3.8, 4) is 0 Å². The lowest BCUT2D eigenvalue weighted by Crippen LogP contribution is -1.99. The molecule has 0 aliphatic rings. The lowest BCUT2D eigenvalue weighted by Gasteiger charge is -2.06. The molecule has 0 spiro atoms. The van der Waals surface area contributed by atoms with Crippen LogP contribution in [-0.4, -0.2) is 9.55 Å². The Kier molecular flexibility index (Phi) is 3.44. The first-order valence-corrected chi connectivity index (χ1v) is 6.27. The topological polar surface area (TPSA) is 20.7 Å². The van der Waals surface area contributed by atoms with Crippen LogP contribution in [0.2, 0.25) is 0 Å². The highest BCUT2D eigenvalue weighted by atomic mass is 32.1. The van der Waals surface area contributed by atoms with Gasteiger partial charge in [-0.3, -0.25) is 0 Å². The monoisotopic (exact) mass is 234 g/mol. The van der Waals surface area contributed by atoms with Crippen molar-refractivity contribution in [2.24, 2.45) is 5.92 Å². The number of para-hydroxylation sites is 2. The minimum Gasteiger partial charge on any atom is -0.331 e. The molecule has 0 saturated carbocycles. The number of hydrogen-bond donors (Lipinski definition) is 1. The Morgan fingerprint density at radius 1 is 1.31 bits per heavy atom. The van der Waals surface area contributed by atoms with Gasteiger partial charge in [0, 0.05) is 6.54 Å². The summed E-state index contributed by atoms with van der Waals surface area (Å²) in [6.45, 7) is 5.53. The van der Waals surface area contributed by atoms with Crippen molar-refractivity contribution in [3.05, 3.63) is 29.0 Å². The third kappa shape index (κ3) is 2.35. The van der Waals surface area contributed by atoms with Crippen LogP contribution in [0.4, 0.5) is 0 Å². The van der Waals surface area contributed by atoms with Crippen LogP contribution in [0.3, 0.4) is 0 Å². The maximum atomic E-state index is 5.34. The Balaban J connectivity index is 2.23. The number of rotatable bonds is 4. The number of fused-ring (bicyclic) bond motifs is 1. The second kappa shape index (κ2) is 4.83. The molecule has 0 saturated heterocycles. The molecule has 0 atom stereocenters. The van der Waals surface area contributed by atoms with Crippen LogP contribution >= 0.6 is 12.2 Å². The Morgan fingerprint density at radius 3 is 2.81 bits per heavy atom. The first kappa shape index (κ1) is 11.4. The average molecular weight is 234 g/mol. The molecule has 0 radical (unpaired) electrons. The number of H-pyrrole nitrogens is 1. The van der Waals surface area contributed by atoms with Crippen molar-refractivity contribution in [2.45, 2.75) is 33.2 Å². The number of nitrogens with zero attached hydrogens (tertiary/aromatic N) is 1. The zero-order valence-electron chi connectivity index (χ0n) is 9.86. The number of aromatic nitrogens is 2. The summed E-state index contributed by atoms with van der Waals surface area (Å²) in [5.74, 6) is 0.763. The second-order valence-electron chi connectivity index (χ2n) is 4.64. The molecular weight excluding hydrogens is 216 g/mol. The van der Waals surface area contributed by atoms with Gasteiger partial charge in [-0.1, -0.05) is 26.0 Å². The van der Waals surface area contributed by atoms with Crippen LogP contribution in [0.15, 0.2) is 24.3 Å². The van der Waals surface area contributed by atoms with E-state index in [9.17, 15) is 0 Å². The smallest absolute Gasteiger partial charge is 0.178 e. The van der Waals surface area contributed by atoms with Crippen molar-refractivity contribution in [1.29, 1.82) is 0 Å². The SMILES string of the molecule is CC(C)CCCn1c(=S)[nH]c2ccccc21. The molecule has 2 rings (SSSR count). The molecule has 0 aliphatic heterocycles. The minimum atomic E-state index is 0.763. The zero-order valence-corrected chi connectivity index (χ0v) is 10.7. The molecule has 2 aromatic rings. The molecule has 0 unspecified atom stereocenters. The summed E-state index contributed by atoms with van der Waals surface area (Å²) in [6, 6.07) is 8.29. The summed E-state index contributed by atoms with van der Waals surface area (Å²) in [4.78, 5) is 3.24. The number of aryl methyl sites for hydroxylation is 1. The quantitative estimate of drug-likeness (QED) is 0.789. The van der Waals surface area contributed by atoms with E-state index < -0.39 is 0 Å². The molecule has 0 amide bonds. The summed E-state index contributed by atoms with van der Waals surface area (Å²) in [5.41, 5.74) is 2.35. The van der Waals surface area contributed by atoms with Gasteiger partial charge >= 0.3 is 0 Å². The highest BCUT2D eigenvalue weighted by Crippen LogP contribution is 2.15. The van der Waals surface area contributed by atoms with Crippen LogP contribution in [0.5, 0.6) is 0 Å². The van der Waals surface area contributed by atoms with Gasteiger partial charge in [-0.25, -0.2) is 0 Å². The fourth-order valence-electron chi connectivity index (χ4n) is 1.99. The highest BCUT2D eigenvalue weighted by molar-refractivity contribution is 7.71. The molecule has 16 heavy (non-hydrogen) atoms. The van der Waals surface area contributed by atoms with Gasteiger partial charge in [0.05, 0.1) is 11.0 Å². The number of benzene rings is 1. The van der Waals surface area contributed by atoms with Crippen LogP contribution in [0.1, 0.15) is 26.7 Å². The summed E-state index contributed by atoms with van der Waals surface area (Å²) >= 11 is 5.34. The Hall–Kier alpha value is -1.09. The van der Waals surface area contributed by atoms with Gasteiger partial charge in [-0.15, -0.1) is 0 Å². The number of nitrogens with one attached hydrogen (secondary N) is 1. The zero-order chi connectivity index (χ0) is 11.5. The molecule has 1 aromatic heterocycles. The van der Waals surface area contributed by atoms with Crippen molar-refractivity contribution in [3.63, 3.8) is 0 Å². The summed E-state index contributed by atoms with van der Waals surface area (Å²) in [5, 5.41) is 0. The molecule has 3 heteroatoms. The van der Waals surface area contributed by atoms with E-state index in [1.807, 2.05) is 6.07 Å². The first-order chi connectivity index (χ1) is 7.68. The van der Waals surface area contributed by atoms with Gasteiger partial charge in [0.1, 0.15) is 0 Å². The number of hydrogen-bond acceptors (Lipinski definition) is 1. The minimum absolute atomic E-state index is 0.763.